The first-order valence-corrected chi connectivity index (χ1v) is 13.8. The highest BCUT2D eigenvalue weighted by molar-refractivity contribution is 8.04. The van der Waals surface area contributed by atoms with Crippen LogP contribution in [-0.4, -0.2) is 38.1 Å². The van der Waals surface area contributed by atoms with Crippen molar-refractivity contribution in [3.63, 3.8) is 0 Å². The van der Waals surface area contributed by atoms with E-state index in [-0.39, 0.29) is 11.0 Å². The summed E-state index contributed by atoms with van der Waals surface area (Å²) in [4.78, 5) is 34.8. The second kappa shape index (κ2) is 10.5. The Hall–Kier alpha value is -3.39. The molecule has 0 amide bonds. The molecule has 2 aromatic heterocycles. The van der Waals surface area contributed by atoms with Gasteiger partial charge in [0.05, 0.1) is 10.3 Å². The van der Waals surface area contributed by atoms with Crippen LogP contribution in [-0.2, 0) is 16.0 Å². The Kier molecular flexibility index (Phi) is 7.20. The number of aliphatic carboxylic acids is 1. The quantitative estimate of drug-likeness (QED) is 0.326. The zero-order valence-electron chi connectivity index (χ0n) is 21.2. The van der Waals surface area contributed by atoms with Crippen molar-refractivity contribution in [1.29, 1.82) is 0 Å². The first-order chi connectivity index (χ1) is 17.9. The van der Waals surface area contributed by atoms with E-state index in [2.05, 4.69) is 34.4 Å². The number of rotatable bonds is 9. The molecule has 0 saturated heterocycles. The van der Waals surface area contributed by atoms with Gasteiger partial charge in [-0.1, -0.05) is 45.2 Å². The zero-order chi connectivity index (χ0) is 26.0. The maximum Gasteiger partial charge on any atom is 0.326 e. The Morgan fingerprint density at radius 1 is 1.08 bits per heavy atom. The van der Waals surface area contributed by atoms with Gasteiger partial charge in [0.1, 0.15) is 11.9 Å². The van der Waals surface area contributed by atoms with Crippen LogP contribution in [0.15, 0.2) is 65.6 Å². The Morgan fingerprint density at radius 2 is 1.81 bits per heavy atom. The van der Waals surface area contributed by atoms with Crippen molar-refractivity contribution in [2.45, 2.75) is 63.7 Å². The number of pyridine rings is 2. The molecule has 0 bridgehead atoms. The van der Waals surface area contributed by atoms with E-state index in [0.29, 0.717) is 6.42 Å². The van der Waals surface area contributed by atoms with Crippen LogP contribution in [0.25, 0.3) is 10.8 Å². The summed E-state index contributed by atoms with van der Waals surface area (Å²) in [6.45, 7) is 4.12. The standard InChI is InChI=1S/C29H32N4O3S/c1-18(2)37-24-25(29(26(24)34)12-4-3-5-13-29)33-23(28(35)36)16-19-6-8-21(9-7-19)32-27-22-17-30-14-10-20(22)11-15-31-27/h6-11,14-15,17-18,23,33H,3-5,12-13,16H2,1-2H3,(H,31,32)(H,35,36). The van der Waals surface area contributed by atoms with E-state index in [1.165, 1.54) is 0 Å². The molecule has 5 rings (SSSR count). The summed E-state index contributed by atoms with van der Waals surface area (Å²) in [5, 5.41) is 19.0. The van der Waals surface area contributed by atoms with Crippen LogP contribution in [0.1, 0.15) is 51.5 Å². The lowest BCUT2D eigenvalue weighted by Gasteiger charge is -2.47. The lowest BCUT2D eigenvalue weighted by Crippen LogP contribution is -2.54. The van der Waals surface area contributed by atoms with Crippen LogP contribution in [0.3, 0.4) is 0 Å². The number of Topliss-reactive ketones (excluding diaryl/α,β-unsaturated/α-hetero) is 1. The van der Waals surface area contributed by atoms with Crippen LogP contribution in [0.4, 0.5) is 11.5 Å². The van der Waals surface area contributed by atoms with Crippen molar-refractivity contribution < 1.29 is 14.7 Å². The minimum Gasteiger partial charge on any atom is -0.480 e. The van der Waals surface area contributed by atoms with Crippen molar-refractivity contribution in [3.05, 3.63) is 71.2 Å². The van der Waals surface area contributed by atoms with Crippen LogP contribution < -0.4 is 10.6 Å². The summed E-state index contributed by atoms with van der Waals surface area (Å²) in [5.41, 5.74) is 2.10. The number of aromatic nitrogens is 2. The first-order valence-electron chi connectivity index (χ1n) is 12.9. The number of nitrogens with one attached hydrogen (secondary N) is 2. The number of allylic oxidation sites excluding steroid dienone is 2. The van der Waals surface area contributed by atoms with Crippen molar-refractivity contribution in [1.82, 2.24) is 15.3 Å². The van der Waals surface area contributed by atoms with Crippen molar-refractivity contribution in [2.75, 3.05) is 5.32 Å². The van der Waals surface area contributed by atoms with Gasteiger partial charge in [0, 0.05) is 47.0 Å². The van der Waals surface area contributed by atoms with Gasteiger partial charge in [0.15, 0.2) is 5.78 Å². The Labute approximate surface area is 221 Å². The van der Waals surface area contributed by atoms with E-state index in [4.69, 9.17) is 0 Å². The Bertz CT molecular complexity index is 1340. The normalized spacial score (nSPS) is 17.6. The zero-order valence-corrected chi connectivity index (χ0v) is 22.0. The summed E-state index contributed by atoms with van der Waals surface area (Å²) in [7, 11) is 0. The number of hydrogen-bond acceptors (Lipinski definition) is 7. The van der Waals surface area contributed by atoms with Crippen LogP contribution in [0, 0.1) is 5.41 Å². The second-order valence-electron chi connectivity index (χ2n) is 10.2. The van der Waals surface area contributed by atoms with Gasteiger partial charge in [-0.25, -0.2) is 9.78 Å². The molecule has 1 spiro atoms. The van der Waals surface area contributed by atoms with Gasteiger partial charge in [-0.3, -0.25) is 9.78 Å². The average molecular weight is 517 g/mol. The molecule has 3 N–H and O–H groups in total. The topological polar surface area (TPSA) is 104 Å². The SMILES string of the molecule is CC(C)SC1=C(NC(Cc2ccc(Nc3nccc4ccncc34)cc2)C(=O)O)C2(CCCCC2)C1=O. The first kappa shape index (κ1) is 25.3. The summed E-state index contributed by atoms with van der Waals surface area (Å²) in [6.07, 6.45) is 10.4. The molecule has 2 aliphatic rings. The molecule has 1 fully saturated rings. The van der Waals surface area contributed by atoms with E-state index >= 15 is 0 Å². The van der Waals surface area contributed by atoms with E-state index in [1.807, 2.05) is 36.4 Å². The number of nitrogens with zero attached hydrogens (tertiary/aromatic N) is 2. The number of carbonyl (C=O) groups is 2. The van der Waals surface area contributed by atoms with Gasteiger partial charge in [0.2, 0.25) is 0 Å². The molecule has 1 saturated carbocycles. The van der Waals surface area contributed by atoms with E-state index in [9.17, 15) is 14.7 Å². The van der Waals surface area contributed by atoms with Gasteiger partial charge in [-0.2, -0.15) is 0 Å². The fourth-order valence-corrected chi connectivity index (χ4v) is 6.51. The molecule has 1 unspecified atom stereocenters. The summed E-state index contributed by atoms with van der Waals surface area (Å²) >= 11 is 1.54. The minimum atomic E-state index is -0.915. The maximum absolute atomic E-state index is 13.2. The minimum absolute atomic E-state index is 0.199. The number of carboxylic acids is 1. The van der Waals surface area contributed by atoms with E-state index in [0.717, 1.165) is 70.5 Å². The molecular weight excluding hydrogens is 484 g/mol. The molecule has 1 aromatic carbocycles. The molecule has 7 nitrogen and oxygen atoms in total. The summed E-state index contributed by atoms with van der Waals surface area (Å²) in [5.74, 6) is 0.00422. The molecule has 2 aliphatic carbocycles. The van der Waals surface area contributed by atoms with Gasteiger partial charge in [-0.15, -0.1) is 11.8 Å². The van der Waals surface area contributed by atoms with Gasteiger partial charge < -0.3 is 15.7 Å². The number of benzene rings is 1. The number of carboxylic acid groups (broad SMARTS) is 1. The van der Waals surface area contributed by atoms with Crippen molar-refractivity contribution >= 4 is 45.8 Å². The highest BCUT2D eigenvalue weighted by Crippen LogP contribution is 2.55. The van der Waals surface area contributed by atoms with Gasteiger partial charge in [0.25, 0.3) is 0 Å². The maximum atomic E-state index is 13.2. The lowest BCUT2D eigenvalue weighted by atomic mass is 9.62. The number of hydrogen-bond donors (Lipinski definition) is 3. The number of thioether (sulfide) groups is 1. The van der Waals surface area contributed by atoms with Gasteiger partial charge >= 0.3 is 5.97 Å². The number of anilines is 2. The third kappa shape index (κ3) is 5.07. The highest BCUT2D eigenvalue weighted by Gasteiger charge is 2.54. The van der Waals surface area contributed by atoms with Crippen LogP contribution in [0.5, 0.6) is 0 Å². The molecule has 8 heteroatoms. The molecule has 0 radical (unpaired) electrons. The largest absolute Gasteiger partial charge is 0.480 e. The molecule has 192 valence electrons. The molecule has 3 aromatic rings. The van der Waals surface area contributed by atoms with Gasteiger partial charge in [-0.05, 0) is 48.1 Å². The second-order valence-corrected chi connectivity index (χ2v) is 11.7. The smallest absolute Gasteiger partial charge is 0.326 e. The molecule has 37 heavy (non-hydrogen) atoms. The lowest BCUT2D eigenvalue weighted by molar-refractivity contribution is -0.140. The average Bonchev–Trinajstić information content (AvgIpc) is 2.91. The van der Waals surface area contributed by atoms with E-state index < -0.39 is 17.4 Å². The van der Waals surface area contributed by atoms with Crippen LogP contribution in [0.2, 0.25) is 0 Å². The van der Waals surface area contributed by atoms with Crippen molar-refractivity contribution in [2.24, 2.45) is 5.41 Å². The summed E-state index contributed by atoms with van der Waals surface area (Å²) in [6, 6.07) is 10.8. The fraction of sp³-hybridized carbons (Fsp3) is 0.379. The molecule has 1 atom stereocenters. The predicted molar refractivity (Wildman–Crippen MR) is 148 cm³/mol. The fourth-order valence-electron chi connectivity index (χ4n) is 5.36. The predicted octanol–water partition coefficient (Wildman–Crippen LogP) is 5.85. The summed E-state index contributed by atoms with van der Waals surface area (Å²) < 4.78 is 0. The third-order valence-electron chi connectivity index (χ3n) is 7.25. The Morgan fingerprint density at radius 3 is 2.51 bits per heavy atom. The number of fused-ring (bicyclic) bond motifs is 1. The molecule has 0 aliphatic heterocycles. The third-order valence-corrected chi connectivity index (χ3v) is 8.34. The number of carbonyl (C=O) groups excluding carboxylic acids is 1. The molecular formula is C29H32N4O3S. The van der Waals surface area contributed by atoms with Crippen molar-refractivity contribution in [3.8, 4) is 0 Å². The molecule has 2 heterocycles. The van der Waals surface area contributed by atoms with E-state index in [1.54, 1.807) is 30.4 Å². The monoisotopic (exact) mass is 516 g/mol. The Balaban J connectivity index is 1.33. The highest BCUT2D eigenvalue weighted by atomic mass is 32.2. The number of ketones is 1. The van der Waals surface area contributed by atoms with Crippen LogP contribution >= 0.6 is 11.8 Å².